The van der Waals surface area contributed by atoms with Crippen molar-refractivity contribution in [3.63, 3.8) is 0 Å². The molecule has 25 heavy (non-hydrogen) atoms. The van der Waals surface area contributed by atoms with Crippen molar-refractivity contribution in [2.24, 2.45) is 11.7 Å². The Kier molecular flexibility index (Phi) is 4.15. The smallest absolute Gasteiger partial charge is 0.220 e. The molecule has 0 bridgehead atoms. The molecule has 2 aliphatic rings. The first kappa shape index (κ1) is 16.1. The Balaban J connectivity index is 1.59. The summed E-state index contributed by atoms with van der Waals surface area (Å²) in [5.74, 6) is -0.173. The number of piperidine rings is 1. The third-order valence-corrected chi connectivity index (χ3v) is 5.21. The Bertz CT molecular complexity index is 768. The zero-order valence-electron chi connectivity index (χ0n) is 14.4. The number of primary amides is 1. The summed E-state index contributed by atoms with van der Waals surface area (Å²) in [6.07, 6.45) is 5.46. The fraction of sp³-hybridized carbons (Fsp3) is 0.368. The number of amides is 1. The van der Waals surface area contributed by atoms with Gasteiger partial charge in [0, 0.05) is 30.8 Å². The minimum atomic E-state index is -0.176. The average molecular weight is 337 g/mol. The van der Waals surface area contributed by atoms with Gasteiger partial charge >= 0.3 is 0 Å². The SMILES string of the molecule is Cc1ccc(N2NC(N3CCC(C(N)=O)CC3)c3ccncc32)cc1. The first-order chi connectivity index (χ1) is 12.1. The normalized spacial score (nSPS) is 21.3. The second kappa shape index (κ2) is 6.46. The number of rotatable bonds is 3. The second-order valence-corrected chi connectivity index (χ2v) is 6.85. The molecule has 3 heterocycles. The van der Waals surface area contributed by atoms with Gasteiger partial charge in [-0.1, -0.05) is 17.7 Å². The van der Waals surface area contributed by atoms with Crippen LogP contribution in [0, 0.1) is 12.8 Å². The first-order valence-electron chi connectivity index (χ1n) is 8.74. The molecule has 3 N–H and O–H groups in total. The molecular weight excluding hydrogens is 314 g/mol. The third kappa shape index (κ3) is 2.99. The maximum atomic E-state index is 11.4. The third-order valence-electron chi connectivity index (χ3n) is 5.21. The van der Waals surface area contributed by atoms with Gasteiger partial charge in [-0.3, -0.25) is 19.7 Å². The molecule has 0 aliphatic carbocycles. The van der Waals surface area contributed by atoms with Gasteiger partial charge in [-0.25, -0.2) is 5.43 Å². The number of nitrogens with one attached hydrogen (secondary N) is 1. The first-order valence-corrected chi connectivity index (χ1v) is 8.74. The van der Waals surface area contributed by atoms with E-state index in [0.717, 1.165) is 37.3 Å². The maximum Gasteiger partial charge on any atom is 0.220 e. The number of hydrazine groups is 1. The predicted molar refractivity (Wildman–Crippen MR) is 96.9 cm³/mol. The molecule has 1 saturated heterocycles. The highest BCUT2D eigenvalue weighted by molar-refractivity contribution is 5.76. The molecule has 1 fully saturated rings. The van der Waals surface area contributed by atoms with Gasteiger partial charge in [-0.15, -0.1) is 0 Å². The van der Waals surface area contributed by atoms with Crippen molar-refractivity contribution in [1.82, 2.24) is 15.3 Å². The van der Waals surface area contributed by atoms with E-state index in [-0.39, 0.29) is 18.0 Å². The van der Waals surface area contributed by atoms with Gasteiger partial charge < -0.3 is 5.73 Å². The van der Waals surface area contributed by atoms with Crippen LogP contribution in [0.4, 0.5) is 11.4 Å². The number of nitrogens with two attached hydrogens (primary N) is 1. The molecular formula is C19H23N5O. The number of benzene rings is 1. The molecule has 0 radical (unpaired) electrons. The van der Waals surface area contributed by atoms with E-state index >= 15 is 0 Å². The molecule has 0 saturated carbocycles. The number of hydrogen-bond acceptors (Lipinski definition) is 5. The zero-order chi connectivity index (χ0) is 17.4. The van der Waals surface area contributed by atoms with Gasteiger partial charge in [-0.05, 0) is 38.0 Å². The molecule has 1 amide bonds. The number of pyridine rings is 1. The number of anilines is 2. The van der Waals surface area contributed by atoms with E-state index in [1.54, 1.807) is 0 Å². The molecule has 130 valence electrons. The molecule has 1 aromatic carbocycles. The van der Waals surface area contributed by atoms with Gasteiger partial charge in [0.05, 0.1) is 17.6 Å². The van der Waals surface area contributed by atoms with Crippen molar-refractivity contribution in [1.29, 1.82) is 0 Å². The van der Waals surface area contributed by atoms with Crippen molar-refractivity contribution < 1.29 is 4.79 Å². The Morgan fingerprint density at radius 3 is 2.60 bits per heavy atom. The highest BCUT2D eigenvalue weighted by atomic mass is 16.1. The molecule has 1 unspecified atom stereocenters. The van der Waals surface area contributed by atoms with Crippen LogP contribution in [0.15, 0.2) is 42.7 Å². The van der Waals surface area contributed by atoms with Crippen LogP contribution < -0.4 is 16.2 Å². The van der Waals surface area contributed by atoms with E-state index < -0.39 is 0 Å². The van der Waals surface area contributed by atoms with Crippen molar-refractivity contribution in [2.45, 2.75) is 25.9 Å². The van der Waals surface area contributed by atoms with Crippen molar-refractivity contribution in [3.05, 3.63) is 53.9 Å². The van der Waals surface area contributed by atoms with Crippen LogP contribution >= 0.6 is 0 Å². The van der Waals surface area contributed by atoms with Gasteiger partial charge in [0.1, 0.15) is 6.17 Å². The molecule has 1 aromatic heterocycles. The average Bonchev–Trinajstić information content (AvgIpc) is 3.02. The van der Waals surface area contributed by atoms with Crippen molar-refractivity contribution in [3.8, 4) is 0 Å². The lowest BCUT2D eigenvalue weighted by Crippen LogP contribution is -2.45. The van der Waals surface area contributed by atoms with Crippen LogP contribution in [0.2, 0.25) is 0 Å². The molecule has 2 aromatic rings. The number of aromatic nitrogens is 1. The van der Waals surface area contributed by atoms with E-state index in [1.165, 1.54) is 11.1 Å². The van der Waals surface area contributed by atoms with Gasteiger partial charge in [0.2, 0.25) is 5.91 Å². The second-order valence-electron chi connectivity index (χ2n) is 6.85. The van der Waals surface area contributed by atoms with Crippen LogP contribution in [0.25, 0.3) is 0 Å². The lowest BCUT2D eigenvalue weighted by atomic mass is 9.95. The van der Waals surface area contributed by atoms with Crippen LogP contribution in [-0.2, 0) is 4.79 Å². The lowest BCUT2D eigenvalue weighted by Gasteiger charge is -2.35. The number of likely N-dealkylation sites (tertiary alicyclic amines) is 1. The number of carbonyl (C=O) groups is 1. The number of hydrogen-bond donors (Lipinski definition) is 2. The van der Waals surface area contributed by atoms with E-state index in [4.69, 9.17) is 5.73 Å². The zero-order valence-corrected chi connectivity index (χ0v) is 14.4. The topological polar surface area (TPSA) is 74.5 Å². The van der Waals surface area contributed by atoms with Crippen LogP contribution in [0.1, 0.15) is 30.1 Å². The monoisotopic (exact) mass is 337 g/mol. The summed E-state index contributed by atoms with van der Waals surface area (Å²) in [5.41, 5.74) is 13.7. The predicted octanol–water partition coefficient (Wildman–Crippen LogP) is 2.24. The number of nitrogens with zero attached hydrogens (tertiary/aromatic N) is 3. The summed E-state index contributed by atoms with van der Waals surface area (Å²) >= 11 is 0. The van der Waals surface area contributed by atoms with Crippen LogP contribution in [-0.4, -0.2) is 28.9 Å². The number of carbonyl (C=O) groups excluding carboxylic acids is 1. The molecule has 0 spiro atoms. The minimum Gasteiger partial charge on any atom is -0.369 e. The van der Waals surface area contributed by atoms with E-state index in [2.05, 4.69) is 57.6 Å². The Hall–Kier alpha value is -2.44. The highest BCUT2D eigenvalue weighted by Crippen LogP contribution is 2.39. The summed E-state index contributed by atoms with van der Waals surface area (Å²) in [5, 5.41) is 2.10. The molecule has 6 heteroatoms. The van der Waals surface area contributed by atoms with Crippen molar-refractivity contribution >= 4 is 17.3 Å². The summed E-state index contributed by atoms with van der Waals surface area (Å²) in [7, 11) is 0. The molecule has 2 aliphatic heterocycles. The Morgan fingerprint density at radius 2 is 1.92 bits per heavy atom. The molecule has 6 nitrogen and oxygen atoms in total. The van der Waals surface area contributed by atoms with E-state index in [1.807, 2.05) is 12.4 Å². The fourth-order valence-electron chi connectivity index (χ4n) is 3.70. The number of aryl methyl sites for hydroxylation is 1. The summed E-state index contributed by atoms with van der Waals surface area (Å²) < 4.78 is 0. The maximum absolute atomic E-state index is 11.4. The standard InChI is InChI=1S/C19H23N5O/c1-13-2-4-15(5-3-13)24-17-12-21-9-6-16(17)19(22-24)23-10-7-14(8-11-23)18(20)25/h2-6,9,12,14,19,22H,7-8,10-11H2,1H3,(H2,20,25). The van der Waals surface area contributed by atoms with Crippen molar-refractivity contribution in [2.75, 3.05) is 18.1 Å². The minimum absolute atomic E-state index is 0.00256. The highest BCUT2D eigenvalue weighted by Gasteiger charge is 2.35. The Labute approximate surface area is 147 Å². The number of fused-ring (bicyclic) bond motifs is 1. The summed E-state index contributed by atoms with van der Waals surface area (Å²) in [6.45, 7) is 3.80. The largest absolute Gasteiger partial charge is 0.369 e. The van der Waals surface area contributed by atoms with Gasteiger partial charge in [0.25, 0.3) is 0 Å². The van der Waals surface area contributed by atoms with E-state index in [0.29, 0.717) is 0 Å². The lowest BCUT2D eigenvalue weighted by molar-refractivity contribution is -0.123. The molecule has 1 atom stereocenters. The fourth-order valence-corrected chi connectivity index (χ4v) is 3.70. The van der Waals surface area contributed by atoms with Gasteiger partial charge in [-0.2, -0.15) is 0 Å². The van der Waals surface area contributed by atoms with Crippen LogP contribution in [0.5, 0.6) is 0 Å². The Morgan fingerprint density at radius 1 is 1.20 bits per heavy atom. The van der Waals surface area contributed by atoms with Crippen LogP contribution in [0.3, 0.4) is 0 Å². The van der Waals surface area contributed by atoms with Gasteiger partial charge in [0.15, 0.2) is 0 Å². The molecule has 4 rings (SSSR count). The quantitative estimate of drug-likeness (QED) is 0.898. The summed E-state index contributed by atoms with van der Waals surface area (Å²) in [6, 6.07) is 10.5. The summed E-state index contributed by atoms with van der Waals surface area (Å²) in [4.78, 5) is 18.1. The van der Waals surface area contributed by atoms with E-state index in [9.17, 15) is 4.79 Å².